The van der Waals surface area contributed by atoms with E-state index in [0.29, 0.717) is 18.3 Å². The van der Waals surface area contributed by atoms with Crippen LogP contribution >= 0.6 is 0 Å². The number of rotatable bonds is 8. The average molecular weight is 384 g/mol. The molecule has 6 nitrogen and oxygen atoms in total. The van der Waals surface area contributed by atoms with E-state index in [1.165, 1.54) is 0 Å². The van der Waals surface area contributed by atoms with Gasteiger partial charge in [-0.05, 0) is 52.8 Å². The minimum absolute atomic E-state index is 0.0361. The molecule has 1 aromatic rings. The van der Waals surface area contributed by atoms with Crippen molar-refractivity contribution in [1.82, 2.24) is 10.6 Å². The number of benzene rings is 1. The molecule has 0 saturated carbocycles. The summed E-state index contributed by atoms with van der Waals surface area (Å²) in [4.78, 5) is 4.56. The lowest BCUT2D eigenvalue weighted by atomic mass is 10.1. The molecule has 2 atom stereocenters. The molecule has 0 bridgehead atoms. The molecule has 7 heteroatoms. The maximum Gasteiger partial charge on any atom is 0.191 e. The molecule has 0 aliphatic carbocycles. The van der Waals surface area contributed by atoms with Gasteiger partial charge in [0.1, 0.15) is 11.5 Å². The molecular formula is C19H33N3O3S. The Labute approximate surface area is 160 Å². The van der Waals surface area contributed by atoms with E-state index >= 15 is 0 Å². The van der Waals surface area contributed by atoms with Crippen LogP contribution in [-0.4, -0.2) is 48.0 Å². The first-order valence-electron chi connectivity index (χ1n) is 8.88. The Morgan fingerprint density at radius 2 is 1.96 bits per heavy atom. The number of hydrogen-bond donors (Lipinski definition) is 2. The molecule has 0 fully saturated rings. The van der Waals surface area contributed by atoms with E-state index in [9.17, 15) is 4.21 Å². The molecule has 0 aliphatic heterocycles. The van der Waals surface area contributed by atoms with Gasteiger partial charge in [-0.2, -0.15) is 0 Å². The summed E-state index contributed by atoms with van der Waals surface area (Å²) in [5, 5.41) is 6.61. The van der Waals surface area contributed by atoms with Gasteiger partial charge in [0.05, 0.1) is 26.8 Å². The van der Waals surface area contributed by atoms with Crippen LogP contribution in [0, 0.1) is 0 Å². The molecular weight excluding hydrogens is 350 g/mol. The van der Waals surface area contributed by atoms with E-state index in [1.54, 1.807) is 14.2 Å². The Kier molecular flexibility index (Phi) is 8.92. The highest BCUT2D eigenvalue weighted by molar-refractivity contribution is 7.86. The standard InChI is InChI=1S/C19H33N3O3S/c1-8-20-18(21-11-12-26(23)19(3,4)5)22-14(2)16-13-15(24-6)9-10-17(16)25-7/h9-10,13-14H,8,11-12H2,1-7H3,(H2,20,21,22). The molecule has 2 N–H and O–H groups in total. The molecule has 2 unspecified atom stereocenters. The maximum atomic E-state index is 12.2. The van der Waals surface area contributed by atoms with Gasteiger partial charge in [0.25, 0.3) is 0 Å². The first kappa shape index (κ1) is 22.3. The lowest BCUT2D eigenvalue weighted by Gasteiger charge is -2.21. The van der Waals surface area contributed by atoms with Crippen molar-refractivity contribution >= 4 is 16.8 Å². The summed E-state index contributed by atoms with van der Waals surface area (Å²) in [6.45, 7) is 11.2. The van der Waals surface area contributed by atoms with Crippen molar-refractivity contribution < 1.29 is 13.7 Å². The maximum absolute atomic E-state index is 12.2. The summed E-state index contributed by atoms with van der Waals surface area (Å²) < 4.78 is 22.7. The first-order chi connectivity index (χ1) is 12.2. The number of nitrogens with zero attached hydrogens (tertiary/aromatic N) is 1. The van der Waals surface area contributed by atoms with Gasteiger partial charge < -0.3 is 20.1 Å². The molecule has 26 heavy (non-hydrogen) atoms. The zero-order valence-corrected chi connectivity index (χ0v) is 17.8. The van der Waals surface area contributed by atoms with Crippen LogP contribution in [0.5, 0.6) is 11.5 Å². The highest BCUT2D eigenvalue weighted by Crippen LogP contribution is 2.29. The molecule has 1 rings (SSSR count). The summed E-state index contributed by atoms with van der Waals surface area (Å²) in [6, 6.07) is 5.68. The van der Waals surface area contributed by atoms with E-state index in [2.05, 4.69) is 15.6 Å². The van der Waals surface area contributed by atoms with Crippen molar-refractivity contribution in [1.29, 1.82) is 0 Å². The third-order valence-corrected chi connectivity index (χ3v) is 5.75. The second-order valence-corrected chi connectivity index (χ2v) is 9.22. The number of aliphatic imine (C=N–C) groups is 1. The minimum atomic E-state index is -0.915. The Hall–Kier alpha value is -1.76. The summed E-state index contributed by atoms with van der Waals surface area (Å²) in [5.74, 6) is 2.79. The number of ether oxygens (including phenoxy) is 2. The zero-order chi connectivity index (χ0) is 19.7. The molecule has 0 aliphatic rings. The average Bonchev–Trinajstić information content (AvgIpc) is 2.60. The number of methoxy groups -OCH3 is 2. The minimum Gasteiger partial charge on any atom is -0.497 e. The molecule has 0 radical (unpaired) electrons. The molecule has 1 aromatic carbocycles. The van der Waals surface area contributed by atoms with Crippen LogP contribution in [0.25, 0.3) is 0 Å². The van der Waals surface area contributed by atoms with Gasteiger partial charge in [-0.15, -0.1) is 0 Å². The third-order valence-electron chi connectivity index (χ3n) is 3.83. The Balaban J connectivity index is 2.86. The Morgan fingerprint density at radius 3 is 2.50 bits per heavy atom. The summed E-state index contributed by atoms with van der Waals surface area (Å²) in [7, 11) is 2.38. The fourth-order valence-corrected chi connectivity index (χ4v) is 3.20. The molecule has 0 spiro atoms. The number of nitrogens with one attached hydrogen (secondary N) is 2. The van der Waals surface area contributed by atoms with Crippen LogP contribution in [0.4, 0.5) is 0 Å². The van der Waals surface area contributed by atoms with Gasteiger partial charge in [-0.3, -0.25) is 9.20 Å². The topological polar surface area (TPSA) is 72.0 Å². The van der Waals surface area contributed by atoms with Crippen LogP contribution in [0.15, 0.2) is 23.2 Å². The summed E-state index contributed by atoms with van der Waals surface area (Å²) >= 11 is 0. The predicted molar refractivity (Wildman–Crippen MR) is 110 cm³/mol. The van der Waals surface area contributed by atoms with E-state index in [-0.39, 0.29) is 10.8 Å². The van der Waals surface area contributed by atoms with Gasteiger partial charge >= 0.3 is 0 Å². The molecule has 0 saturated heterocycles. The SMILES string of the molecule is CCNC(=NCCS(=O)C(C)(C)C)NC(C)c1cc(OC)ccc1OC. The van der Waals surface area contributed by atoms with Gasteiger partial charge in [-0.25, -0.2) is 0 Å². The molecule has 0 amide bonds. The van der Waals surface area contributed by atoms with Crippen molar-refractivity contribution in [3.8, 4) is 11.5 Å². The lowest BCUT2D eigenvalue weighted by molar-refractivity contribution is 0.394. The van der Waals surface area contributed by atoms with Crippen LogP contribution in [0.2, 0.25) is 0 Å². The van der Waals surface area contributed by atoms with E-state index in [4.69, 9.17) is 9.47 Å². The quantitative estimate of drug-likeness (QED) is 0.533. The van der Waals surface area contributed by atoms with Crippen molar-refractivity contribution in [2.45, 2.75) is 45.4 Å². The third kappa shape index (κ3) is 6.86. The van der Waals surface area contributed by atoms with E-state index in [0.717, 1.165) is 23.6 Å². The second-order valence-electron chi connectivity index (χ2n) is 6.90. The second kappa shape index (κ2) is 10.4. The van der Waals surface area contributed by atoms with Crippen molar-refractivity contribution in [2.75, 3.05) is 33.1 Å². The van der Waals surface area contributed by atoms with Crippen LogP contribution < -0.4 is 20.1 Å². The summed E-state index contributed by atoms with van der Waals surface area (Å²) in [5.41, 5.74) is 0.982. The van der Waals surface area contributed by atoms with E-state index in [1.807, 2.05) is 52.8 Å². The van der Waals surface area contributed by atoms with Crippen LogP contribution in [0.3, 0.4) is 0 Å². The zero-order valence-electron chi connectivity index (χ0n) is 17.0. The normalized spacial score (nSPS) is 14.5. The lowest BCUT2D eigenvalue weighted by Crippen LogP contribution is -2.39. The van der Waals surface area contributed by atoms with Gasteiger partial charge in [0, 0.05) is 33.4 Å². The molecule has 148 valence electrons. The summed E-state index contributed by atoms with van der Waals surface area (Å²) in [6.07, 6.45) is 0. The van der Waals surface area contributed by atoms with Gasteiger partial charge in [0.15, 0.2) is 5.96 Å². The fourth-order valence-electron chi connectivity index (χ4n) is 2.33. The van der Waals surface area contributed by atoms with Crippen LogP contribution in [0.1, 0.15) is 46.2 Å². The predicted octanol–water partition coefficient (Wildman–Crippen LogP) is 2.87. The Morgan fingerprint density at radius 1 is 1.27 bits per heavy atom. The monoisotopic (exact) mass is 383 g/mol. The highest BCUT2D eigenvalue weighted by atomic mass is 32.2. The fraction of sp³-hybridized carbons (Fsp3) is 0.632. The van der Waals surface area contributed by atoms with Gasteiger partial charge in [-0.1, -0.05) is 0 Å². The number of guanidine groups is 1. The molecule has 0 aromatic heterocycles. The smallest absolute Gasteiger partial charge is 0.191 e. The van der Waals surface area contributed by atoms with Crippen molar-refractivity contribution in [3.63, 3.8) is 0 Å². The van der Waals surface area contributed by atoms with Crippen LogP contribution in [-0.2, 0) is 10.8 Å². The number of hydrogen-bond acceptors (Lipinski definition) is 4. The van der Waals surface area contributed by atoms with Crippen molar-refractivity contribution in [3.05, 3.63) is 23.8 Å². The van der Waals surface area contributed by atoms with E-state index < -0.39 is 10.8 Å². The van der Waals surface area contributed by atoms with Crippen molar-refractivity contribution in [2.24, 2.45) is 4.99 Å². The largest absolute Gasteiger partial charge is 0.497 e. The Bertz CT molecular complexity index is 627. The molecule has 0 heterocycles. The highest BCUT2D eigenvalue weighted by Gasteiger charge is 2.19. The van der Waals surface area contributed by atoms with Gasteiger partial charge in [0.2, 0.25) is 0 Å². The first-order valence-corrected chi connectivity index (χ1v) is 10.2.